The van der Waals surface area contributed by atoms with Gasteiger partial charge in [-0.2, -0.15) is 0 Å². The summed E-state index contributed by atoms with van der Waals surface area (Å²) in [4.78, 5) is 0. The minimum Gasteiger partial charge on any atom is -0.497 e. The van der Waals surface area contributed by atoms with Crippen molar-refractivity contribution in [2.75, 3.05) is 7.11 Å². The van der Waals surface area contributed by atoms with Crippen molar-refractivity contribution in [3.05, 3.63) is 63.6 Å². The van der Waals surface area contributed by atoms with Gasteiger partial charge in [0.15, 0.2) is 0 Å². The van der Waals surface area contributed by atoms with Crippen molar-refractivity contribution < 1.29 is 9.84 Å². The van der Waals surface area contributed by atoms with Gasteiger partial charge in [0.2, 0.25) is 0 Å². The number of methoxy groups -OCH3 is 1. The maximum Gasteiger partial charge on any atom is 0.118 e. The molecule has 0 spiro atoms. The van der Waals surface area contributed by atoms with Crippen molar-refractivity contribution in [1.29, 1.82) is 0 Å². The van der Waals surface area contributed by atoms with Crippen LogP contribution in [0.25, 0.3) is 0 Å². The number of benzene rings is 2. The number of aliphatic hydroxyl groups excluding tert-OH is 1. The molecule has 0 aliphatic rings. The highest BCUT2D eigenvalue weighted by atomic mass is 35.5. The Hall–Kier alpha value is -1.22. The summed E-state index contributed by atoms with van der Waals surface area (Å²) in [5.41, 5.74) is 1.82. The Labute approximate surface area is 128 Å². The molecule has 1 atom stereocenters. The minimum atomic E-state index is -0.622. The highest BCUT2D eigenvalue weighted by Gasteiger charge is 2.12. The van der Waals surface area contributed by atoms with Crippen LogP contribution >= 0.6 is 23.2 Å². The van der Waals surface area contributed by atoms with E-state index in [1.165, 1.54) is 0 Å². The first-order chi connectivity index (χ1) is 9.60. The zero-order chi connectivity index (χ0) is 14.5. The standard InChI is InChI=1S/C16H16Cl2O2/c1-20-13-6-2-11(3-7-13)4-9-16(19)14-10-12(17)5-8-15(14)18/h2-3,5-8,10,16,19H,4,9H2,1H3. The van der Waals surface area contributed by atoms with Gasteiger partial charge in [-0.15, -0.1) is 0 Å². The molecule has 0 saturated heterocycles. The molecular formula is C16H16Cl2O2. The molecule has 0 fully saturated rings. The van der Waals surface area contributed by atoms with Crippen molar-refractivity contribution >= 4 is 23.2 Å². The maximum absolute atomic E-state index is 10.2. The molecule has 1 N–H and O–H groups in total. The molecule has 0 aliphatic carbocycles. The van der Waals surface area contributed by atoms with E-state index in [0.717, 1.165) is 17.7 Å². The SMILES string of the molecule is COc1ccc(CCC(O)c2cc(Cl)ccc2Cl)cc1. The van der Waals surface area contributed by atoms with Crippen LogP contribution < -0.4 is 4.74 Å². The van der Waals surface area contributed by atoms with E-state index in [2.05, 4.69) is 0 Å². The summed E-state index contributed by atoms with van der Waals surface area (Å²) >= 11 is 12.0. The number of ether oxygens (including phenoxy) is 1. The summed E-state index contributed by atoms with van der Waals surface area (Å²) < 4.78 is 5.11. The molecule has 2 rings (SSSR count). The van der Waals surface area contributed by atoms with Crippen LogP contribution in [0.1, 0.15) is 23.7 Å². The minimum absolute atomic E-state index is 0.539. The third-order valence-corrected chi connectivity index (χ3v) is 3.76. The average molecular weight is 311 g/mol. The Morgan fingerprint density at radius 1 is 1.10 bits per heavy atom. The van der Waals surface area contributed by atoms with Crippen molar-refractivity contribution in [1.82, 2.24) is 0 Å². The number of rotatable bonds is 5. The molecule has 2 aromatic carbocycles. The van der Waals surface area contributed by atoms with Crippen LogP contribution in [0.15, 0.2) is 42.5 Å². The number of aryl methyl sites for hydroxylation is 1. The Morgan fingerprint density at radius 3 is 2.45 bits per heavy atom. The summed E-state index contributed by atoms with van der Waals surface area (Å²) in [5, 5.41) is 11.3. The fourth-order valence-corrected chi connectivity index (χ4v) is 2.45. The molecule has 2 aromatic rings. The van der Waals surface area contributed by atoms with Crippen LogP contribution in [0.3, 0.4) is 0 Å². The molecule has 4 heteroatoms. The summed E-state index contributed by atoms with van der Waals surface area (Å²) in [6.07, 6.45) is 0.726. The molecule has 0 aromatic heterocycles. The molecule has 1 unspecified atom stereocenters. The van der Waals surface area contributed by atoms with E-state index < -0.39 is 6.10 Å². The number of hydrogen-bond acceptors (Lipinski definition) is 2. The maximum atomic E-state index is 10.2. The van der Waals surface area contributed by atoms with Gasteiger partial charge in [-0.3, -0.25) is 0 Å². The number of aliphatic hydroxyl groups is 1. The largest absolute Gasteiger partial charge is 0.497 e. The normalized spacial score (nSPS) is 12.2. The second-order valence-electron chi connectivity index (χ2n) is 4.57. The van der Waals surface area contributed by atoms with Crippen molar-refractivity contribution in [3.8, 4) is 5.75 Å². The highest BCUT2D eigenvalue weighted by Crippen LogP contribution is 2.29. The summed E-state index contributed by atoms with van der Waals surface area (Å²) in [6, 6.07) is 12.9. The van der Waals surface area contributed by atoms with Gasteiger partial charge in [0.1, 0.15) is 5.75 Å². The van der Waals surface area contributed by atoms with Crippen molar-refractivity contribution in [3.63, 3.8) is 0 Å². The molecule has 0 bridgehead atoms. The molecule has 20 heavy (non-hydrogen) atoms. The van der Waals surface area contributed by atoms with Gasteiger partial charge in [0.05, 0.1) is 13.2 Å². The van der Waals surface area contributed by atoms with Gasteiger partial charge >= 0.3 is 0 Å². The quantitative estimate of drug-likeness (QED) is 0.869. The first-order valence-electron chi connectivity index (χ1n) is 6.36. The second-order valence-corrected chi connectivity index (χ2v) is 5.41. The van der Waals surface area contributed by atoms with Gasteiger partial charge < -0.3 is 9.84 Å². The van der Waals surface area contributed by atoms with E-state index in [1.807, 2.05) is 24.3 Å². The fourth-order valence-electron chi connectivity index (χ4n) is 2.02. The van der Waals surface area contributed by atoms with Crippen LogP contribution in [-0.2, 0) is 6.42 Å². The third-order valence-electron chi connectivity index (χ3n) is 3.18. The van der Waals surface area contributed by atoms with Crippen molar-refractivity contribution in [2.24, 2.45) is 0 Å². The van der Waals surface area contributed by atoms with E-state index in [9.17, 15) is 5.11 Å². The van der Waals surface area contributed by atoms with Gasteiger partial charge in [-0.05, 0) is 48.7 Å². The Bertz CT molecular complexity index is 567. The first-order valence-corrected chi connectivity index (χ1v) is 7.11. The van der Waals surface area contributed by atoms with Crippen LogP contribution in [0.4, 0.5) is 0 Å². The van der Waals surface area contributed by atoms with E-state index in [0.29, 0.717) is 22.0 Å². The highest BCUT2D eigenvalue weighted by molar-refractivity contribution is 6.33. The monoisotopic (exact) mass is 310 g/mol. The molecule has 0 heterocycles. The second kappa shape index (κ2) is 6.98. The van der Waals surface area contributed by atoms with E-state index in [4.69, 9.17) is 27.9 Å². The average Bonchev–Trinajstić information content (AvgIpc) is 2.47. The fraction of sp³-hybridized carbons (Fsp3) is 0.250. The zero-order valence-corrected chi connectivity index (χ0v) is 12.7. The molecule has 0 amide bonds. The van der Waals surface area contributed by atoms with Crippen LogP contribution in [0.5, 0.6) is 5.75 Å². The van der Waals surface area contributed by atoms with Crippen LogP contribution in [0, 0.1) is 0 Å². The zero-order valence-electron chi connectivity index (χ0n) is 11.1. The Morgan fingerprint density at radius 2 is 1.80 bits per heavy atom. The van der Waals surface area contributed by atoms with E-state index in [1.54, 1.807) is 25.3 Å². The van der Waals surface area contributed by atoms with Gasteiger partial charge in [-0.1, -0.05) is 35.3 Å². The number of hydrogen-bond donors (Lipinski definition) is 1. The van der Waals surface area contributed by atoms with Crippen LogP contribution in [-0.4, -0.2) is 12.2 Å². The third kappa shape index (κ3) is 3.89. The van der Waals surface area contributed by atoms with Gasteiger partial charge in [-0.25, -0.2) is 0 Å². The lowest BCUT2D eigenvalue weighted by Crippen LogP contribution is -2.00. The lowest BCUT2D eigenvalue weighted by Gasteiger charge is -2.13. The molecule has 0 saturated carbocycles. The van der Waals surface area contributed by atoms with Crippen molar-refractivity contribution in [2.45, 2.75) is 18.9 Å². The summed E-state index contributed by atoms with van der Waals surface area (Å²) in [7, 11) is 1.64. The Balaban J connectivity index is 2.00. The summed E-state index contributed by atoms with van der Waals surface area (Å²) in [6.45, 7) is 0. The molecule has 0 radical (unpaired) electrons. The van der Waals surface area contributed by atoms with Crippen LogP contribution in [0.2, 0.25) is 10.0 Å². The molecule has 2 nitrogen and oxygen atoms in total. The predicted octanol–water partition coefficient (Wildman–Crippen LogP) is 4.67. The lowest BCUT2D eigenvalue weighted by atomic mass is 10.0. The van der Waals surface area contributed by atoms with Gasteiger partial charge in [0.25, 0.3) is 0 Å². The predicted molar refractivity (Wildman–Crippen MR) is 82.7 cm³/mol. The van der Waals surface area contributed by atoms with Gasteiger partial charge in [0, 0.05) is 15.6 Å². The summed E-state index contributed by atoms with van der Waals surface area (Å²) in [5.74, 6) is 0.826. The molecule has 106 valence electrons. The van der Waals surface area contributed by atoms with E-state index in [-0.39, 0.29) is 0 Å². The number of halogens is 2. The first kappa shape index (κ1) is 15.2. The Kier molecular flexibility index (Phi) is 5.30. The topological polar surface area (TPSA) is 29.5 Å². The van der Waals surface area contributed by atoms with E-state index >= 15 is 0 Å². The molecule has 0 aliphatic heterocycles. The molecular weight excluding hydrogens is 295 g/mol. The smallest absolute Gasteiger partial charge is 0.118 e. The lowest BCUT2D eigenvalue weighted by molar-refractivity contribution is 0.168.